The number of rotatable bonds is 3. The lowest BCUT2D eigenvalue weighted by molar-refractivity contribution is 0.0362. The first-order chi connectivity index (χ1) is 8.72. The van der Waals surface area contributed by atoms with Crippen LogP contribution in [0.15, 0.2) is 18.3 Å². The van der Waals surface area contributed by atoms with E-state index >= 15 is 0 Å². The third-order valence-corrected chi connectivity index (χ3v) is 3.28. The van der Waals surface area contributed by atoms with E-state index in [1.54, 1.807) is 23.2 Å². The van der Waals surface area contributed by atoms with Gasteiger partial charge in [0.05, 0.1) is 12.3 Å². The molecule has 5 nitrogen and oxygen atoms in total. The Morgan fingerprint density at radius 1 is 1.56 bits per heavy atom. The van der Waals surface area contributed by atoms with Gasteiger partial charge in [0.2, 0.25) is 0 Å². The van der Waals surface area contributed by atoms with Crippen LogP contribution in [0.2, 0.25) is 0 Å². The fraction of sp³-hybridized carbons (Fsp3) is 0.538. The highest BCUT2D eigenvalue weighted by Gasteiger charge is 2.23. The molecule has 1 aliphatic heterocycles. The van der Waals surface area contributed by atoms with E-state index in [9.17, 15) is 4.79 Å². The van der Waals surface area contributed by atoms with Gasteiger partial charge >= 0.3 is 0 Å². The predicted molar refractivity (Wildman–Crippen MR) is 66.1 cm³/mol. The Balaban J connectivity index is 2.09. The van der Waals surface area contributed by atoms with E-state index in [0.29, 0.717) is 24.5 Å². The van der Waals surface area contributed by atoms with E-state index in [2.05, 4.69) is 4.98 Å². The van der Waals surface area contributed by atoms with Gasteiger partial charge in [0.15, 0.2) is 0 Å². The van der Waals surface area contributed by atoms with Gasteiger partial charge in [-0.1, -0.05) is 0 Å². The first-order valence-corrected chi connectivity index (χ1v) is 6.13. The lowest BCUT2D eigenvalue weighted by atomic mass is 10.1. The Kier molecular flexibility index (Phi) is 4.28. The molecule has 1 N–H and O–H groups in total. The van der Waals surface area contributed by atoms with E-state index in [1.807, 2.05) is 7.05 Å². The number of aromatic nitrogens is 1. The highest BCUT2D eigenvalue weighted by atomic mass is 16.5. The summed E-state index contributed by atoms with van der Waals surface area (Å²) in [5, 5.41) is 9.03. The Labute approximate surface area is 106 Å². The summed E-state index contributed by atoms with van der Waals surface area (Å²) in [5.74, 6) is -0.0287. The zero-order valence-corrected chi connectivity index (χ0v) is 10.5. The molecule has 1 saturated heterocycles. The van der Waals surface area contributed by atoms with Crippen LogP contribution in [-0.2, 0) is 11.3 Å². The van der Waals surface area contributed by atoms with Crippen molar-refractivity contribution in [2.24, 2.45) is 0 Å². The number of ether oxygens (including phenoxy) is 1. The smallest absolute Gasteiger partial charge is 0.253 e. The molecular weight excluding hydrogens is 232 g/mol. The summed E-state index contributed by atoms with van der Waals surface area (Å²) in [6.07, 6.45) is 3.30. The molecule has 0 saturated carbocycles. The molecule has 1 amide bonds. The van der Waals surface area contributed by atoms with Crippen molar-refractivity contribution in [2.75, 3.05) is 20.3 Å². The second kappa shape index (κ2) is 5.93. The van der Waals surface area contributed by atoms with Crippen LogP contribution in [0.4, 0.5) is 0 Å². The average Bonchev–Trinajstić information content (AvgIpc) is 2.46. The molecule has 0 atom stereocenters. The van der Waals surface area contributed by atoms with Crippen molar-refractivity contribution >= 4 is 5.91 Å². The van der Waals surface area contributed by atoms with Crippen molar-refractivity contribution < 1.29 is 14.6 Å². The second-order valence-electron chi connectivity index (χ2n) is 4.45. The number of pyridine rings is 1. The van der Waals surface area contributed by atoms with E-state index in [0.717, 1.165) is 12.8 Å². The van der Waals surface area contributed by atoms with Crippen LogP contribution in [-0.4, -0.2) is 47.2 Å². The lowest BCUT2D eigenvalue weighted by Crippen LogP contribution is -2.40. The zero-order valence-electron chi connectivity index (χ0n) is 10.5. The van der Waals surface area contributed by atoms with Gasteiger partial charge in [0.1, 0.15) is 0 Å². The van der Waals surface area contributed by atoms with Gasteiger partial charge in [0.25, 0.3) is 5.91 Å². The summed E-state index contributed by atoms with van der Waals surface area (Å²) in [6.45, 7) is 1.27. The van der Waals surface area contributed by atoms with Crippen LogP contribution in [0.5, 0.6) is 0 Å². The maximum absolute atomic E-state index is 12.3. The maximum Gasteiger partial charge on any atom is 0.253 e. The van der Waals surface area contributed by atoms with Gasteiger partial charge in [0, 0.05) is 38.1 Å². The average molecular weight is 250 g/mol. The quantitative estimate of drug-likeness (QED) is 0.863. The number of aliphatic hydroxyl groups is 1. The largest absolute Gasteiger partial charge is 0.390 e. The van der Waals surface area contributed by atoms with E-state index in [-0.39, 0.29) is 18.6 Å². The monoisotopic (exact) mass is 250 g/mol. The van der Waals surface area contributed by atoms with Crippen LogP contribution in [0, 0.1) is 0 Å². The lowest BCUT2D eigenvalue weighted by Gasteiger charge is -2.31. The molecule has 5 heteroatoms. The molecule has 2 heterocycles. The number of nitrogens with zero attached hydrogens (tertiary/aromatic N) is 2. The van der Waals surface area contributed by atoms with Gasteiger partial charge in [-0.15, -0.1) is 0 Å². The molecule has 98 valence electrons. The highest BCUT2D eigenvalue weighted by Crippen LogP contribution is 2.15. The molecule has 1 aliphatic rings. The number of hydrogen-bond acceptors (Lipinski definition) is 4. The summed E-state index contributed by atoms with van der Waals surface area (Å²) < 4.78 is 5.29. The highest BCUT2D eigenvalue weighted by molar-refractivity contribution is 5.94. The normalized spacial score (nSPS) is 16.6. The van der Waals surface area contributed by atoms with Crippen molar-refractivity contribution in [1.82, 2.24) is 9.88 Å². The van der Waals surface area contributed by atoms with Gasteiger partial charge in [-0.05, 0) is 25.0 Å². The second-order valence-corrected chi connectivity index (χ2v) is 4.45. The third kappa shape index (κ3) is 2.86. The predicted octanol–water partition coefficient (Wildman–Crippen LogP) is 0.825. The van der Waals surface area contributed by atoms with Crippen LogP contribution in [0.3, 0.4) is 0 Å². The number of aliphatic hydroxyl groups excluding tert-OH is 1. The minimum absolute atomic E-state index is 0.0287. The van der Waals surface area contributed by atoms with Crippen molar-refractivity contribution in [3.8, 4) is 0 Å². The number of carbonyl (C=O) groups excluding carboxylic acids is 1. The van der Waals surface area contributed by atoms with Crippen LogP contribution in [0.25, 0.3) is 0 Å². The third-order valence-electron chi connectivity index (χ3n) is 3.28. The molecule has 0 aliphatic carbocycles. The Bertz CT molecular complexity index is 416. The molecule has 1 fully saturated rings. The first kappa shape index (κ1) is 13.0. The van der Waals surface area contributed by atoms with Gasteiger partial charge in [-0.25, -0.2) is 0 Å². The molecule has 0 aromatic carbocycles. The minimum atomic E-state index is -0.151. The minimum Gasteiger partial charge on any atom is -0.390 e. The summed E-state index contributed by atoms with van der Waals surface area (Å²) in [4.78, 5) is 18.0. The summed E-state index contributed by atoms with van der Waals surface area (Å²) in [7, 11) is 1.82. The topological polar surface area (TPSA) is 62.7 Å². The van der Waals surface area contributed by atoms with E-state index < -0.39 is 0 Å². The summed E-state index contributed by atoms with van der Waals surface area (Å²) >= 11 is 0. The number of hydrogen-bond donors (Lipinski definition) is 1. The Morgan fingerprint density at radius 3 is 2.94 bits per heavy atom. The summed E-state index contributed by atoms with van der Waals surface area (Å²) in [5.41, 5.74) is 1.09. The number of amides is 1. The SMILES string of the molecule is CN(C(=O)c1ccnc(CO)c1)C1CCOCC1. The van der Waals surface area contributed by atoms with Gasteiger partial charge < -0.3 is 14.7 Å². The Hall–Kier alpha value is -1.46. The fourth-order valence-electron chi connectivity index (χ4n) is 2.14. The van der Waals surface area contributed by atoms with Crippen LogP contribution in [0.1, 0.15) is 28.9 Å². The molecule has 0 bridgehead atoms. The van der Waals surface area contributed by atoms with Crippen molar-refractivity contribution in [3.05, 3.63) is 29.6 Å². The van der Waals surface area contributed by atoms with Crippen LogP contribution < -0.4 is 0 Å². The van der Waals surface area contributed by atoms with E-state index in [4.69, 9.17) is 9.84 Å². The summed E-state index contributed by atoms with van der Waals surface area (Å²) in [6, 6.07) is 3.55. The Morgan fingerprint density at radius 2 is 2.28 bits per heavy atom. The standard InChI is InChI=1S/C13H18N2O3/c1-15(12-3-6-18-7-4-12)13(17)10-2-5-14-11(8-10)9-16/h2,5,8,12,16H,3-4,6-7,9H2,1H3. The molecule has 18 heavy (non-hydrogen) atoms. The molecule has 0 radical (unpaired) electrons. The van der Waals surface area contributed by atoms with Gasteiger partial charge in [-0.2, -0.15) is 0 Å². The molecule has 2 rings (SSSR count). The zero-order chi connectivity index (χ0) is 13.0. The molecule has 0 spiro atoms. The van der Waals surface area contributed by atoms with Gasteiger partial charge in [-0.3, -0.25) is 9.78 Å². The molecule has 0 unspecified atom stereocenters. The molecule has 1 aromatic rings. The van der Waals surface area contributed by atoms with Crippen molar-refractivity contribution in [2.45, 2.75) is 25.5 Å². The first-order valence-electron chi connectivity index (χ1n) is 6.13. The maximum atomic E-state index is 12.3. The van der Waals surface area contributed by atoms with Crippen molar-refractivity contribution in [1.29, 1.82) is 0 Å². The fourth-order valence-corrected chi connectivity index (χ4v) is 2.14. The van der Waals surface area contributed by atoms with Crippen molar-refractivity contribution in [3.63, 3.8) is 0 Å². The van der Waals surface area contributed by atoms with Crippen LogP contribution >= 0.6 is 0 Å². The van der Waals surface area contributed by atoms with E-state index in [1.165, 1.54) is 0 Å². The molecule has 1 aromatic heterocycles. The number of carbonyl (C=O) groups is 1. The molecular formula is C13H18N2O3.